The first-order valence-corrected chi connectivity index (χ1v) is 7.17. The molecule has 0 bridgehead atoms. The van der Waals surface area contributed by atoms with Crippen LogP contribution in [0.25, 0.3) is 0 Å². The van der Waals surface area contributed by atoms with E-state index in [-0.39, 0.29) is 6.09 Å². The lowest BCUT2D eigenvalue weighted by atomic mass is 9.90. The molecule has 0 aromatic rings. The zero-order valence-electron chi connectivity index (χ0n) is 12.8. The number of nitrogens with zero attached hydrogens (tertiary/aromatic N) is 2. The molecule has 2 heterocycles. The van der Waals surface area contributed by atoms with Gasteiger partial charge in [-0.05, 0) is 47.8 Å². The highest BCUT2D eigenvalue weighted by atomic mass is 16.6. The van der Waals surface area contributed by atoms with Crippen molar-refractivity contribution in [3.8, 4) is 0 Å². The van der Waals surface area contributed by atoms with Crippen molar-refractivity contribution in [3.05, 3.63) is 0 Å². The van der Waals surface area contributed by atoms with Crippen molar-refractivity contribution >= 4 is 6.09 Å². The Morgan fingerprint density at radius 3 is 2.58 bits per heavy atom. The second-order valence-electron chi connectivity index (χ2n) is 6.81. The number of hydrogen-bond donors (Lipinski definition) is 1. The van der Waals surface area contributed by atoms with Gasteiger partial charge in [-0.2, -0.15) is 0 Å². The molecule has 5 nitrogen and oxygen atoms in total. The molecule has 110 valence electrons. The van der Waals surface area contributed by atoms with Crippen molar-refractivity contribution in [1.82, 2.24) is 15.1 Å². The number of ether oxygens (including phenoxy) is 1. The van der Waals surface area contributed by atoms with Crippen LogP contribution in [0.3, 0.4) is 0 Å². The van der Waals surface area contributed by atoms with Crippen LogP contribution in [-0.2, 0) is 4.74 Å². The number of piperidine rings is 1. The average molecular weight is 269 g/mol. The fraction of sp³-hybridized carbons (Fsp3) is 0.929. The molecule has 1 N–H and O–H groups in total. The average Bonchev–Trinajstić information content (AvgIpc) is 2.64. The molecule has 2 aliphatic heterocycles. The number of carbonyl (C=O) groups excluding carboxylic acids is 1. The number of fused-ring (bicyclic) bond motifs is 1. The van der Waals surface area contributed by atoms with E-state index < -0.39 is 5.60 Å². The van der Waals surface area contributed by atoms with Crippen LogP contribution < -0.4 is 5.32 Å². The van der Waals surface area contributed by atoms with E-state index in [1.807, 2.05) is 32.7 Å². The molecule has 1 amide bonds. The van der Waals surface area contributed by atoms with Gasteiger partial charge in [-0.15, -0.1) is 0 Å². The molecule has 3 atom stereocenters. The maximum Gasteiger partial charge on any atom is 0.410 e. The normalized spacial score (nSPS) is 32.3. The van der Waals surface area contributed by atoms with E-state index >= 15 is 0 Å². The van der Waals surface area contributed by atoms with Crippen molar-refractivity contribution in [3.63, 3.8) is 0 Å². The number of carbonyl (C=O) groups is 1. The monoisotopic (exact) mass is 269 g/mol. The minimum atomic E-state index is -0.421. The van der Waals surface area contributed by atoms with Crippen molar-refractivity contribution < 1.29 is 9.53 Å². The van der Waals surface area contributed by atoms with E-state index in [1.165, 1.54) is 0 Å². The third-order valence-corrected chi connectivity index (χ3v) is 4.13. The maximum atomic E-state index is 12.3. The number of amides is 1. The third kappa shape index (κ3) is 3.20. The molecule has 0 aliphatic carbocycles. The number of nitrogens with one attached hydrogen (secondary N) is 1. The van der Waals surface area contributed by atoms with Crippen molar-refractivity contribution in [2.75, 3.05) is 33.7 Å². The molecule has 0 aromatic carbocycles. The molecule has 19 heavy (non-hydrogen) atoms. The largest absolute Gasteiger partial charge is 0.444 e. The molecular formula is C14H27N3O2. The van der Waals surface area contributed by atoms with Gasteiger partial charge < -0.3 is 19.9 Å². The van der Waals surface area contributed by atoms with Gasteiger partial charge in [0.15, 0.2) is 0 Å². The van der Waals surface area contributed by atoms with Crippen LogP contribution in [0.1, 0.15) is 27.2 Å². The summed E-state index contributed by atoms with van der Waals surface area (Å²) in [4.78, 5) is 16.6. The number of likely N-dealkylation sites (tertiary alicyclic amines) is 2. The zero-order chi connectivity index (χ0) is 14.2. The van der Waals surface area contributed by atoms with Gasteiger partial charge in [0.25, 0.3) is 0 Å². The second kappa shape index (κ2) is 5.29. The highest BCUT2D eigenvalue weighted by Gasteiger charge is 2.46. The molecule has 3 unspecified atom stereocenters. The first-order chi connectivity index (χ1) is 8.81. The molecule has 2 aliphatic rings. The summed E-state index contributed by atoms with van der Waals surface area (Å²) in [6.07, 6.45) is 0.878. The van der Waals surface area contributed by atoms with Crippen LogP contribution in [-0.4, -0.2) is 67.3 Å². The van der Waals surface area contributed by atoms with Gasteiger partial charge in [-0.25, -0.2) is 4.79 Å². The van der Waals surface area contributed by atoms with Crippen molar-refractivity contribution in [2.24, 2.45) is 5.92 Å². The molecule has 2 rings (SSSR count). The van der Waals surface area contributed by atoms with Gasteiger partial charge >= 0.3 is 6.09 Å². The first-order valence-electron chi connectivity index (χ1n) is 7.17. The summed E-state index contributed by atoms with van der Waals surface area (Å²) in [5.74, 6) is 0.510. The van der Waals surface area contributed by atoms with Gasteiger partial charge in [-0.1, -0.05) is 0 Å². The summed E-state index contributed by atoms with van der Waals surface area (Å²) >= 11 is 0. The Morgan fingerprint density at radius 2 is 2.00 bits per heavy atom. The van der Waals surface area contributed by atoms with Crippen molar-refractivity contribution in [1.29, 1.82) is 0 Å². The Hall–Kier alpha value is -0.810. The lowest BCUT2D eigenvalue weighted by Gasteiger charge is -2.37. The van der Waals surface area contributed by atoms with E-state index in [9.17, 15) is 4.79 Å². The summed E-state index contributed by atoms with van der Waals surface area (Å²) in [5.41, 5.74) is -0.421. The molecular weight excluding hydrogens is 242 g/mol. The van der Waals surface area contributed by atoms with E-state index in [0.29, 0.717) is 18.0 Å². The van der Waals surface area contributed by atoms with E-state index in [4.69, 9.17) is 4.74 Å². The number of rotatable bonds is 1. The third-order valence-electron chi connectivity index (χ3n) is 4.13. The quantitative estimate of drug-likeness (QED) is 0.775. The van der Waals surface area contributed by atoms with Crippen LogP contribution in [0, 0.1) is 5.92 Å². The highest BCUT2D eigenvalue weighted by Crippen LogP contribution is 2.32. The topological polar surface area (TPSA) is 44.8 Å². The Labute approximate surface area is 116 Å². The van der Waals surface area contributed by atoms with Gasteiger partial charge in [0.1, 0.15) is 5.60 Å². The predicted molar refractivity (Wildman–Crippen MR) is 75.2 cm³/mol. The summed E-state index contributed by atoms with van der Waals surface area (Å²) < 4.78 is 5.54. The molecule has 2 fully saturated rings. The van der Waals surface area contributed by atoms with Gasteiger partial charge in [-0.3, -0.25) is 0 Å². The Balaban J connectivity index is 2.08. The Bertz CT molecular complexity index is 340. The van der Waals surface area contributed by atoms with Crippen molar-refractivity contribution in [2.45, 2.75) is 44.9 Å². The van der Waals surface area contributed by atoms with Crippen LogP contribution >= 0.6 is 0 Å². The molecule has 0 spiro atoms. The second-order valence-corrected chi connectivity index (χ2v) is 6.81. The highest BCUT2D eigenvalue weighted by molar-refractivity contribution is 5.69. The van der Waals surface area contributed by atoms with E-state index in [0.717, 1.165) is 26.1 Å². The maximum absolute atomic E-state index is 12.3. The minimum Gasteiger partial charge on any atom is -0.444 e. The minimum absolute atomic E-state index is 0.162. The summed E-state index contributed by atoms with van der Waals surface area (Å²) in [6.45, 7) is 8.62. The standard InChI is InChI=1S/C14H27N3O2/c1-14(2,3)19-13(18)17-9-11(15-4)10-8-16(5)7-6-12(10)17/h10-12,15H,6-9H2,1-5H3. The smallest absolute Gasteiger partial charge is 0.410 e. The van der Waals surface area contributed by atoms with E-state index in [1.54, 1.807) is 0 Å². The van der Waals surface area contributed by atoms with Gasteiger partial charge in [0.05, 0.1) is 0 Å². The predicted octanol–water partition coefficient (Wildman–Crippen LogP) is 1.15. The molecule has 0 aromatic heterocycles. The van der Waals surface area contributed by atoms with Crippen LogP contribution in [0.15, 0.2) is 0 Å². The SMILES string of the molecule is CNC1CN(C(=O)OC(C)(C)C)C2CCN(C)CC12. The number of hydrogen-bond acceptors (Lipinski definition) is 4. The first kappa shape index (κ1) is 14.6. The van der Waals surface area contributed by atoms with Crippen LogP contribution in [0.4, 0.5) is 4.79 Å². The lowest BCUT2D eigenvalue weighted by molar-refractivity contribution is 0.0154. The fourth-order valence-corrected chi connectivity index (χ4v) is 3.24. The Kier molecular flexibility index (Phi) is 4.06. The summed E-state index contributed by atoms with van der Waals surface area (Å²) in [6, 6.07) is 0.698. The molecule has 0 saturated carbocycles. The van der Waals surface area contributed by atoms with Crippen LogP contribution in [0.2, 0.25) is 0 Å². The fourth-order valence-electron chi connectivity index (χ4n) is 3.24. The van der Waals surface area contributed by atoms with Gasteiger partial charge in [0.2, 0.25) is 0 Å². The lowest BCUT2D eigenvalue weighted by Crippen LogP contribution is -2.49. The van der Waals surface area contributed by atoms with E-state index in [2.05, 4.69) is 17.3 Å². The summed E-state index contributed by atoms with van der Waals surface area (Å²) in [7, 11) is 4.13. The Morgan fingerprint density at radius 1 is 1.32 bits per heavy atom. The zero-order valence-corrected chi connectivity index (χ0v) is 12.8. The van der Waals surface area contributed by atoms with Gasteiger partial charge in [0, 0.05) is 31.1 Å². The summed E-state index contributed by atoms with van der Waals surface area (Å²) in [5, 5.41) is 3.36. The molecule has 0 radical (unpaired) electrons. The van der Waals surface area contributed by atoms with Crippen LogP contribution in [0.5, 0.6) is 0 Å². The number of likely N-dealkylation sites (N-methyl/N-ethyl adjacent to an activating group) is 1. The molecule has 2 saturated heterocycles. The molecule has 5 heteroatoms.